The number of hydrogen-bond donors (Lipinski definition) is 2. The summed E-state index contributed by atoms with van der Waals surface area (Å²) >= 11 is 2.08. The molecule has 0 aliphatic rings. The average Bonchev–Trinajstić information content (AvgIpc) is 2.32. The van der Waals surface area contributed by atoms with Crippen molar-refractivity contribution in [2.24, 2.45) is 0 Å². The topological polar surface area (TPSA) is 79.0 Å². The highest BCUT2D eigenvalue weighted by Gasteiger charge is 2.15. The quantitative estimate of drug-likeness (QED) is 0.802. The van der Waals surface area contributed by atoms with Gasteiger partial charge in [0.25, 0.3) is 15.6 Å². The standard InChI is InChI=1S/C11H9IN2O3S/c12-8-3-5-9(6-4-8)18(16,17)14-10-2-1-7-13-11(10)15/h1-7,14H,(H,13,15). The maximum absolute atomic E-state index is 12.0. The second-order valence-electron chi connectivity index (χ2n) is 3.47. The number of pyridine rings is 1. The molecule has 2 aromatic rings. The lowest BCUT2D eigenvalue weighted by Gasteiger charge is -2.06. The Morgan fingerprint density at radius 3 is 2.39 bits per heavy atom. The molecule has 0 saturated carbocycles. The lowest BCUT2D eigenvalue weighted by atomic mass is 10.4. The number of aromatic amines is 1. The van der Waals surface area contributed by atoms with Gasteiger partial charge in [-0.2, -0.15) is 0 Å². The molecule has 0 spiro atoms. The van der Waals surface area contributed by atoms with Gasteiger partial charge in [0.05, 0.1) is 4.90 Å². The maximum Gasteiger partial charge on any atom is 0.272 e. The normalized spacial score (nSPS) is 11.2. The minimum absolute atomic E-state index is 0.00366. The lowest BCUT2D eigenvalue weighted by Crippen LogP contribution is -2.19. The Bertz CT molecular complexity index is 708. The van der Waals surface area contributed by atoms with Crippen molar-refractivity contribution in [1.29, 1.82) is 0 Å². The van der Waals surface area contributed by atoms with E-state index >= 15 is 0 Å². The molecule has 7 heteroatoms. The molecule has 5 nitrogen and oxygen atoms in total. The highest BCUT2D eigenvalue weighted by Crippen LogP contribution is 2.14. The number of benzene rings is 1. The van der Waals surface area contributed by atoms with Crippen molar-refractivity contribution in [1.82, 2.24) is 4.98 Å². The summed E-state index contributed by atoms with van der Waals surface area (Å²) in [6, 6.07) is 9.30. The Morgan fingerprint density at radius 1 is 1.11 bits per heavy atom. The van der Waals surface area contributed by atoms with Crippen LogP contribution in [0, 0.1) is 3.57 Å². The smallest absolute Gasteiger partial charge is 0.272 e. The van der Waals surface area contributed by atoms with E-state index in [-0.39, 0.29) is 10.6 Å². The highest BCUT2D eigenvalue weighted by molar-refractivity contribution is 14.1. The third-order valence-electron chi connectivity index (χ3n) is 2.19. The number of anilines is 1. The molecule has 18 heavy (non-hydrogen) atoms. The molecule has 0 bridgehead atoms. The first kappa shape index (κ1) is 13.1. The van der Waals surface area contributed by atoms with Gasteiger partial charge in [-0.05, 0) is 59.0 Å². The van der Waals surface area contributed by atoms with E-state index in [9.17, 15) is 13.2 Å². The molecular formula is C11H9IN2O3S. The van der Waals surface area contributed by atoms with Crippen LogP contribution in [0.2, 0.25) is 0 Å². The Hall–Kier alpha value is -1.35. The van der Waals surface area contributed by atoms with Crippen LogP contribution in [0.3, 0.4) is 0 Å². The molecule has 0 aliphatic carbocycles. The van der Waals surface area contributed by atoms with Gasteiger partial charge in [0.15, 0.2) is 0 Å². The fraction of sp³-hybridized carbons (Fsp3) is 0. The van der Waals surface area contributed by atoms with Gasteiger partial charge in [-0.3, -0.25) is 9.52 Å². The predicted molar refractivity (Wildman–Crippen MR) is 77.0 cm³/mol. The highest BCUT2D eigenvalue weighted by atomic mass is 127. The van der Waals surface area contributed by atoms with Crippen molar-refractivity contribution in [2.45, 2.75) is 4.90 Å². The van der Waals surface area contributed by atoms with Crippen LogP contribution in [0.5, 0.6) is 0 Å². The van der Waals surface area contributed by atoms with Crippen molar-refractivity contribution in [3.8, 4) is 0 Å². The van der Waals surface area contributed by atoms with Crippen LogP contribution in [-0.4, -0.2) is 13.4 Å². The van der Waals surface area contributed by atoms with Gasteiger partial charge < -0.3 is 4.98 Å². The van der Waals surface area contributed by atoms with Gasteiger partial charge >= 0.3 is 0 Å². The predicted octanol–water partition coefficient (Wildman–Crippen LogP) is 1.78. The Labute approximate surface area is 117 Å². The molecule has 0 saturated heterocycles. The van der Waals surface area contributed by atoms with Gasteiger partial charge in [0.2, 0.25) is 0 Å². The lowest BCUT2D eigenvalue weighted by molar-refractivity contribution is 0.601. The second-order valence-corrected chi connectivity index (χ2v) is 6.40. The van der Waals surface area contributed by atoms with E-state index in [4.69, 9.17) is 0 Å². The minimum Gasteiger partial charge on any atom is -0.327 e. The number of hydrogen-bond acceptors (Lipinski definition) is 3. The molecule has 1 aromatic heterocycles. The van der Waals surface area contributed by atoms with E-state index in [0.29, 0.717) is 0 Å². The van der Waals surface area contributed by atoms with Crippen molar-refractivity contribution in [2.75, 3.05) is 4.72 Å². The van der Waals surface area contributed by atoms with E-state index in [1.54, 1.807) is 18.2 Å². The van der Waals surface area contributed by atoms with Gasteiger partial charge in [-0.1, -0.05) is 0 Å². The van der Waals surface area contributed by atoms with Crippen LogP contribution in [0.15, 0.2) is 52.3 Å². The van der Waals surface area contributed by atoms with E-state index in [2.05, 4.69) is 32.3 Å². The summed E-state index contributed by atoms with van der Waals surface area (Å²) in [5.74, 6) is 0. The Balaban J connectivity index is 2.36. The van der Waals surface area contributed by atoms with Gasteiger partial charge in [0, 0.05) is 9.77 Å². The second kappa shape index (κ2) is 5.11. The SMILES string of the molecule is O=c1[nH]cccc1NS(=O)(=O)c1ccc(I)cc1. The third kappa shape index (κ3) is 2.91. The fourth-order valence-electron chi connectivity index (χ4n) is 1.32. The van der Waals surface area contributed by atoms with E-state index in [1.807, 2.05) is 0 Å². The zero-order valence-electron chi connectivity index (χ0n) is 9.05. The van der Waals surface area contributed by atoms with Crippen LogP contribution in [0.25, 0.3) is 0 Å². The van der Waals surface area contributed by atoms with E-state index < -0.39 is 15.6 Å². The summed E-state index contributed by atoms with van der Waals surface area (Å²) in [7, 11) is -3.73. The first-order valence-corrected chi connectivity index (χ1v) is 7.51. The van der Waals surface area contributed by atoms with Crippen LogP contribution >= 0.6 is 22.6 Å². The minimum atomic E-state index is -3.73. The molecule has 0 fully saturated rings. The summed E-state index contributed by atoms with van der Waals surface area (Å²) in [5, 5.41) is 0. The van der Waals surface area contributed by atoms with Crippen LogP contribution in [-0.2, 0) is 10.0 Å². The van der Waals surface area contributed by atoms with E-state index in [1.165, 1.54) is 24.4 Å². The maximum atomic E-state index is 12.0. The number of nitrogens with one attached hydrogen (secondary N) is 2. The molecule has 0 atom stereocenters. The van der Waals surface area contributed by atoms with Crippen LogP contribution in [0.4, 0.5) is 5.69 Å². The molecule has 2 N–H and O–H groups in total. The molecule has 1 heterocycles. The number of rotatable bonds is 3. The molecule has 2 rings (SSSR count). The Kier molecular flexibility index (Phi) is 3.71. The van der Waals surface area contributed by atoms with Gasteiger partial charge in [-0.25, -0.2) is 8.42 Å². The van der Waals surface area contributed by atoms with Crippen LogP contribution in [0.1, 0.15) is 0 Å². The van der Waals surface area contributed by atoms with Gasteiger partial charge in [-0.15, -0.1) is 0 Å². The monoisotopic (exact) mass is 376 g/mol. The summed E-state index contributed by atoms with van der Waals surface area (Å²) in [5.41, 5.74) is -0.484. The average molecular weight is 376 g/mol. The zero-order valence-corrected chi connectivity index (χ0v) is 12.0. The number of halogens is 1. The van der Waals surface area contributed by atoms with Crippen molar-refractivity contribution >= 4 is 38.3 Å². The third-order valence-corrected chi connectivity index (χ3v) is 4.29. The number of H-pyrrole nitrogens is 1. The molecule has 0 radical (unpaired) electrons. The molecular weight excluding hydrogens is 367 g/mol. The molecule has 94 valence electrons. The summed E-state index contributed by atoms with van der Waals surface area (Å²) in [4.78, 5) is 13.9. The first-order chi connectivity index (χ1) is 8.49. The fourth-order valence-corrected chi connectivity index (χ4v) is 2.74. The Morgan fingerprint density at radius 2 is 1.78 bits per heavy atom. The largest absolute Gasteiger partial charge is 0.327 e. The number of aromatic nitrogens is 1. The van der Waals surface area contributed by atoms with Crippen molar-refractivity contribution in [3.63, 3.8) is 0 Å². The molecule has 0 amide bonds. The molecule has 1 aromatic carbocycles. The molecule has 0 unspecified atom stereocenters. The number of sulfonamides is 1. The van der Waals surface area contributed by atoms with E-state index in [0.717, 1.165) is 3.57 Å². The summed E-state index contributed by atoms with van der Waals surface area (Å²) < 4.78 is 27.2. The van der Waals surface area contributed by atoms with Crippen molar-refractivity contribution in [3.05, 3.63) is 56.5 Å². The summed E-state index contributed by atoms with van der Waals surface area (Å²) in [6.45, 7) is 0. The van der Waals surface area contributed by atoms with Gasteiger partial charge in [0.1, 0.15) is 5.69 Å². The van der Waals surface area contributed by atoms with Crippen LogP contribution < -0.4 is 10.3 Å². The van der Waals surface area contributed by atoms with Crippen molar-refractivity contribution < 1.29 is 8.42 Å². The summed E-state index contributed by atoms with van der Waals surface area (Å²) in [6.07, 6.45) is 1.44. The molecule has 0 aliphatic heterocycles. The first-order valence-electron chi connectivity index (χ1n) is 4.95. The zero-order chi connectivity index (χ0) is 13.2.